The number of aliphatic hydroxyl groups excluding tert-OH is 2. The van der Waals surface area contributed by atoms with E-state index >= 15 is 0 Å². The fourth-order valence-electron chi connectivity index (χ4n) is 6.24. The highest BCUT2D eigenvalue weighted by atomic mass is 31.2. The molecule has 0 aliphatic heterocycles. The fourth-order valence-corrected chi connectivity index (χ4v) is 6.60. The van der Waals surface area contributed by atoms with E-state index in [1.165, 1.54) is 44.9 Å². The number of rotatable bonds is 31. The van der Waals surface area contributed by atoms with Crippen LogP contribution in [0.15, 0.2) is 24.3 Å². The molecule has 0 unspecified atom stereocenters. The molecule has 0 spiro atoms. The van der Waals surface area contributed by atoms with Gasteiger partial charge in [-0.1, -0.05) is 129 Å². The highest BCUT2D eigenvalue weighted by Crippen LogP contribution is 2.36. The molecule has 0 amide bonds. The minimum atomic E-state index is -4.81. The molecular weight excluding hydrogens is 675 g/mol. The van der Waals surface area contributed by atoms with Crippen molar-refractivity contribution >= 4 is 25.5 Å². The van der Waals surface area contributed by atoms with Gasteiger partial charge >= 0.3 is 19.8 Å². The van der Waals surface area contributed by atoms with Crippen LogP contribution in [0.2, 0.25) is 0 Å². The Kier molecular flexibility index (Phi) is 26.4. The zero-order valence-corrected chi connectivity index (χ0v) is 32.5. The van der Waals surface area contributed by atoms with E-state index in [0.717, 1.165) is 44.4 Å². The van der Waals surface area contributed by atoms with Crippen molar-refractivity contribution in [1.29, 1.82) is 0 Å². The van der Waals surface area contributed by atoms with Gasteiger partial charge in [-0.2, -0.15) is 0 Å². The summed E-state index contributed by atoms with van der Waals surface area (Å²) in [5.74, 6) is -1.04. The average Bonchev–Trinajstić information content (AvgIpc) is 3.33. The number of hydrogen-bond donors (Lipinski definition) is 4. The van der Waals surface area contributed by atoms with E-state index in [1.807, 2.05) is 12.2 Å². The first-order valence-electron chi connectivity index (χ1n) is 19.6. The second kappa shape index (κ2) is 28.6. The molecular formula is C39H69O11P. The van der Waals surface area contributed by atoms with Gasteiger partial charge in [0.15, 0.2) is 6.10 Å². The smallest absolute Gasteiger partial charge is 0.462 e. The first-order valence-corrected chi connectivity index (χ1v) is 21.1. The third-order valence-corrected chi connectivity index (χ3v) is 9.76. The van der Waals surface area contributed by atoms with Crippen LogP contribution in [-0.2, 0) is 32.9 Å². The Morgan fingerprint density at radius 1 is 0.843 bits per heavy atom. The Morgan fingerprint density at radius 3 is 2.08 bits per heavy atom. The molecule has 1 rings (SSSR count). The SMILES string of the molecule is CCCCC[C@H](O)/C=C/[C@H]1C(=O)C[C@H](O)[C@@H]1C/C=C\CCCC(=O)OC[C@H](COP(=O)(O)O)OC(=O)CCCCCCCCCCCCC(C)C. The van der Waals surface area contributed by atoms with Crippen LogP contribution >= 0.6 is 7.82 Å². The van der Waals surface area contributed by atoms with Gasteiger partial charge in [-0.25, -0.2) is 4.57 Å². The minimum absolute atomic E-state index is 0.0324. The number of ketones is 1. The molecule has 0 radical (unpaired) electrons. The Balaban J connectivity index is 2.33. The predicted molar refractivity (Wildman–Crippen MR) is 199 cm³/mol. The number of aliphatic hydroxyl groups is 2. The lowest BCUT2D eigenvalue weighted by Gasteiger charge is -2.18. The number of unbranched alkanes of at least 4 members (excludes halogenated alkanes) is 12. The number of carbonyl (C=O) groups excluding carboxylic acids is 3. The van der Waals surface area contributed by atoms with E-state index in [9.17, 15) is 29.2 Å². The number of phosphoric acid groups is 1. The number of ether oxygens (including phenoxy) is 2. The van der Waals surface area contributed by atoms with Crippen LogP contribution < -0.4 is 0 Å². The predicted octanol–water partition coefficient (Wildman–Crippen LogP) is 8.07. The molecule has 12 heteroatoms. The summed E-state index contributed by atoms with van der Waals surface area (Å²) in [7, 11) is -4.81. The third-order valence-electron chi connectivity index (χ3n) is 9.28. The number of allylic oxidation sites excluding steroid dienone is 3. The molecule has 0 heterocycles. The Labute approximate surface area is 307 Å². The maximum Gasteiger partial charge on any atom is 0.469 e. The van der Waals surface area contributed by atoms with E-state index in [-0.39, 0.29) is 37.6 Å². The van der Waals surface area contributed by atoms with Crippen molar-refractivity contribution in [2.24, 2.45) is 17.8 Å². The van der Waals surface area contributed by atoms with E-state index in [4.69, 9.17) is 19.3 Å². The van der Waals surface area contributed by atoms with Gasteiger partial charge < -0.3 is 29.5 Å². The zero-order chi connectivity index (χ0) is 37.9. The molecule has 51 heavy (non-hydrogen) atoms. The summed E-state index contributed by atoms with van der Waals surface area (Å²) in [5, 5.41) is 20.6. The second-order valence-corrected chi connectivity index (χ2v) is 15.8. The van der Waals surface area contributed by atoms with E-state index in [1.54, 1.807) is 12.2 Å². The summed E-state index contributed by atoms with van der Waals surface area (Å²) in [6.45, 7) is 5.63. The molecule has 11 nitrogen and oxygen atoms in total. The van der Waals surface area contributed by atoms with Crippen LogP contribution in [0.25, 0.3) is 0 Å². The summed E-state index contributed by atoms with van der Waals surface area (Å²) < 4.78 is 26.3. The highest BCUT2D eigenvalue weighted by molar-refractivity contribution is 7.46. The maximum absolute atomic E-state index is 12.4. The summed E-state index contributed by atoms with van der Waals surface area (Å²) in [5.41, 5.74) is 0. The Hall–Kier alpha value is -1.88. The Bertz CT molecular complexity index is 1050. The van der Waals surface area contributed by atoms with Gasteiger partial charge in [0.25, 0.3) is 0 Å². The Morgan fingerprint density at radius 2 is 1.45 bits per heavy atom. The lowest BCUT2D eigenvalue weighted by atomic mass is 9.90. The molecule has 0 bridgehead atoms. The van der Waals surface area contributed by atoms with Gasteiger partial charge in [0.05, 0.1) is 18.8 Å². The highest BCUT2D eigenvalue weighted by Gasteiger charge is 2.39. The first kappa shape index (κ1) is 47.1. The second-order valence-electron chi connectivity index (χ2n) is 14.5. The van der Waals surface area contributed by atoms with E-state index < -0.39 is 50.6 Å². The van der Waals surface area contributed by atoms with Crippen molar-refractivity contribution in [2.45, 2.75) is 174 Å². The summed E-state index contributed by atoms with van der Waals surface area (Å²) >= 11 is 0. The van der Waals surface area contributed by atoms with Gasteiger partial charge in [0, 0.05) is 31.1 Å². The number of Topliss-reactive ketones (excluding diaryl/α,β-unsaturated/α-hetero) is 1. The van der Waals surface area contributed by atoms with Crippen molar-refractivity contribution in [3.8, 4) is 0 Å². The van der Waals surface area contributed by atoms with Crippen LogP contribution in [0, 0.1) is 17.8 Å². The van der Waals surface area contributed by atoms with Crippen LogP contribution in [0.3, 0.4) is 0 Å². The van der Waals surface area contributed by atoms with Gasteiger partial charge in [0.2, 0.25) is 0 Å². The zero-order valence-electron chi connectivity index (χ0n) is 31.6. The van der Waals surface area contributed by atoms with Crippen molar-refractivity contribution in [3.63, 3.8) is 0 Å². The molecule has 5 atom stereocenters. The molecule has 1 fully saturated rings. The van der Waals surface area contributed by atoms with Crippen LogP contribution in [0.4, 0.5) is 0 Å². The number of phosphoric ester groups is 1. The molecule has 1 aliphatic rings. The molecule has 1 aliphatic carbocycles. The number of hydrogen-bond acceptors (Lipinski definition) is 9. The average molecular weight is 745 g/mol. The minimum Gasteiger partial charge on any atom is -0.462 e. The van der Waals surface area contributed by atoms with Crippen molar-refractivity contribution in [2.75, 3.05) is 13.2 Å². The topological polar surface area (TPSA) is 177 Å². The molecule has 0 aromatic rings. The van der Waals surface area contributed by atoms with Gasteiger partial charge in [-0.3, -0.25) is 18.9 Å². The van der Waals surface area contributed by atoms with Crippen molar-refractivity contribution < 1.29 is 52.9 Å². The van der Waals surface area contributed by atoms with Crippen LogP contribution in [-0.4, -0.2) is 69.2 Å². The maximum atomic E-state index is 12.4. The normalized spacial score (nSPS) is 19.4. The fraction of sp³-hybridized carbons (Fsp3) is 0.821. The molecule has 1 saturated carbocycles. The number of carbonyl (C=O) groups is 3. The van der Waals surface area contributed by atoms with Crippen molar-refractivity contribution in [3.05, 3.63) is 24.3 Å². The quantitative estimate of drug-likeness (QED) is 0.0234. The third kappa shape index (κ3) is 25.7. The molecule has 0 saturated heterocycles. The first-order chi connectivity index (χ1) is 24.3. The molecule has 296 valence electrons. The largest absolute Gasteiger partial charge is 0.469 e. The summed E-state index contributed by atoms with van der Waals surface area (Å²) in [4.78, 5) is 55.3. The van der Waals surface area contributed by atoms with Gasteiger partial charge in [-0.15, -0.1) is 0 Å². The van der Waals surface area contributed by atoms with Crippen LogP contribution in [0.5, 0.6) is 0 Å². The standard InChI is InChI=1S/C39H69O11P/c1-4-5-16-22-32(40)26-27-35-34(36(41)28-37(35)42)23-18-14-15-19-24-38(43)48-29-33(30-49-51(45,46)47)50-39(44)25-20-13-11-9-7-6-8-10-12-17-21-31(2)3/h14,18,26-27,31-36,40-41H,4-13,15-17,19-25,28-30H2,1-3H3,(H2,45,46,47)/b18-14-,27-26+/t32-,33+,34+,35+,36-/m0/s1. The number of esters is 2. The summed E-state index contributed by atoms with van der Waals surface area (Å²) in [6.07, 6.45) is 22.8. The van der Waals surface area contributed by atoms with Crippen molar-refractivity contribution in [1.82, 2.24) is 0 Å². The van der Waals surface area contributed by atoms with Gasteiger partial charge in [0.1, 0.15) is 12.4 Å². The van der Waals surface area contributed by atoms with Gasteiger partial charge in [-0.05, 0) is 38.0 Å². The van der Waals surface area contributed by atoms with E-state index in [0.29, 0.717) is 32.1 Å². The summed E-state index contributed by atoms with van der Waals surface area (Å²) in [6, 6.07) is 0. The van der Waals surface area contributed by atoms with E-state index in [2.05, 4.69) is 25.3 Å². The lowest BCUT2D eigenvalue weighted by molar-refractivity contribution is -0.161. The molecule has 0 aromatic carbocycles. The molecule has 0 aromatic heterocycles. The molecule has 4 N–H and O–H groups in total. The lowest BCUT2D eigenvalue weighted by Crippen LogP contribution is -2.29. The monoisotopic (exact) mass is 744 g/mol. The van der Waals surface area contributed by atoms with Crippen LogP contribution in [0.1, 0.15) is 156 Å².